The monoisotopic (exact) mass is 303 g/mol. The summed E-state index contributed by atoms with van der Waals surface area (Å²) in [5.74, 6) is 0.307. The van der Waals surface area contributed by atoms with Crippen molar-refractivity contribution < 1.29 is 8.81 Å². The van der Waals surface area contributed by atoms with E-state index in [9.17, 15) is 4.39 Å². The zero-order valence-electron chi connectivity index (χ0n) is 11.6. The molecule has 2 nitrogen and oxygen atoms in total. The Bertz CT molecular complexity index is 797. The van der Waals surface area contributed by atoms with E-state index in [0.717, 1.165) is 22.3 Å². The third kappa shape index (κ3) is 2.33. The molecule has 2 aromatic carbocycles. The van der Waals surface area contributed by atoms with E-state index in [2.05, 4.69) is 0 Å². The summed E-state index contributed by atoms with van der Waals surface area (Å²) in [6, 6.07) is 11.9. The van der Waals surface area contributed by atoms with E-state index in [1.807, 2.05) is 31.2 Å². The molecule has 0 aliphatic rings. The molecule has 0 bridgehead atoms. The SMILES string of the molecule is CCc1oc2ccccc2c1C(N)c1cccc(Cl)c1F. The number of nitrogens with two attached hydrogens (primary N) is 1. The summed E-state index contributed by atoms with van der Waals surface area (Å²) in [5.41, 5.74) is 8.29. The summed E-state index contributed by atoms with van der Waals surface area (Å²) in [4.78, 5) is 0. The highest BCUT2D eigenvalue weighted by molar-refractivity contribution is 6.30. The summed E-state index contributed by atoms with van der Waals surface area (Å²) < 4.78 is 20.1. The molecule has 1 unspecified atom stereocenters. The van der Waals surface area contributed by atoms with Gasteiger partial charge in [0.2, 0.25) is 0 Å². The highest BCUT2D eigenvalue weighted by Crippen LogP contribution is 2.35. The van der Waals surface area contributed by atoms with Crippen LogP contribution >= 0.6 is 11.6 Å². The van der Waals surface area contributed by atoms with E-state index < -0.39 is 11.9 Å². The maximum atomic E-state index is 14.2. The minimum absolute atomic E-state index is 0.0776. The van der Waals surface area contributed by atoms with Crippen LogP contribution in [-0.4, -0.2) is 0 Å². The van der Waals surface area contributed by atoms with Crippen molar-refractivity contribution >= 4 is 22.6 Å². The summed E-state index contributed by atoms with van der Waals surface area (Å²) >= 11 is 5.86. The summed E-state index contributed by atoms with van der Waals surface area (Å²) in [5, 5.41) is 0.995. The lowest BCUT2D eigenvalue weighted by molar-refractivity contribution is 0.543. The van der Waals surface area contributed by atoms with Crippen molar-refractivity contribution in [2.45, 2.75) is 19.4 Å². The van der Waals surface area contributed by atoms with Gasteiger partial charge in [-0.05, 0) is 12.1 Å². The van der Waals surface area contributed by atoms with Crippen molar-refractivity contribution in [3.8, 4) is 0 Å². The summed E-state index contributed by atoms with van der Waals surface area (Å²) in [6.07, 6.45) is 0.694. The van der Waals surface area contributed by atoms with Crippen LogP contribution in [0, 0.1) is 5.82 Å². The zero-order chi connectivity index (χ0) is 15.0. The number of halogens is 2. The van der Waals surface area contributed by atoms with Gasteiger partial charge >= 0.3 is 0 Å². The van der Waals surface area contributed by atoms with Gasteiger partial charge in [-0.15, -0.1) is 0 Å². The van der Waals surface area contributed by atoms with Crippen molar-refractivity contribution in [3.63, 3.8) is 0 Å². The Labute approximate surface area is 127 Å². The fourth-order valence-corrected chi connectivity index (χ4v) is 2.82. The Balaban J connectivity index is 2.21. The van der Waals surface area contributed by atoms with Gasteiger partial charge in [-0.2, -0.15) is 0 Å². The molecule has 0 saturated carbocycles. The largest absolute Gasteiger partial charge is 0.461 e. The van der Waals surface area contributed by atoms with Gasteiger partial charge in [0.1, 0.15) is 17.2 Å². The van der Waals surface area contributed by atoms with Crippen LogP contribution in [0.15, 0.2) is 46.9 Å². The van der Waals surface area contributed by atoms with Crippen LogP contribution in [0.2, 0.25) is 5.02 Å². The van der Waals surface area contributed by atoms with Gasteiger partial charge in [0.05, 0.1) is 11.1 Å². The molecule has 0 radical (unpaired) electrons. The quantitative estimate of drug-likeness (QED) is 0.752. The van der Waals surface area contributed by atoms with Crippen molar-refractivity contribution in [1.29, 1.82) is 0 Å². The van der Waals surface area contributed by atoms with Gasteiger partial charge in [-0.1, -0.05) is 48.9 Å². The van der Waals surface area contributed by atoms with Crippen LogP contribution in [0.1, 0.15) is 29.9 Å². The van der Waals surface area contributed by atoms with Gasteiger partial charge in [0.25, 0.3) is 0 Å². The maximum absolute atomic E-state index is 14.2. The molecule has 1 atom stereocenters. The van der Waals surface area contributed by atoms with Crippen LogP contribution in [-0.2, 0) is 6.42 Å². The number of aryl methyl sites for hydroxylation is 1. The van der Waals surface area contributed by atoms with Crippen LogP contribution < -0.4 is 5.73 Å². The number of hydrogen-bond donors (Lipinski definition) is 1. The fraction of sp³-hybridized carbons (Fsp3) is 0.176. The van der Waals surface area contributed by atoms with Crippen molar-refractivity contribution in [1.82, 2.24) is 0 Å². The molecule has 0 saturated heterocycles. The lowest BCUT2D eigenvalue weighted by atomic mass is 9.95. The van der Waals surface area contributed by atoms with Gasteiger partial charge < -0.3 is 10.2 Å². The average molecular weight is 304 g/mol. The van der Waals surface area contributed by atoms with E-state index in [-0.39, 0.29) is 5.02 Å². The minimum Gasteiger partial charge on any atom is -0.461 e. The smallest absolute Gasteiger partial charge is 0.146 e. The fourth-order valence-electron chi connectivity index (χ4n) is 2.64. The first kappa shape index (κ1) is 14.1. The Hall–Kier alpha value is -1.84. The van der Waals surface area contributed by atoms with Crippen LogP contribution in [0.4, 0.5) is 4.39 Å². The molecule has 4 heteroatoms. The van der Waals surface area contributed by atoms with E-state index in [4.69, 9.17) is 21.8 Å². The first-order valence-electron chi connectivity index (χ1n) is 6.83. The predicted molar refractivity (Wildman–Crippen MR) is 83.0 cm³/mol. The van der Waals surface area contributed by atoms with Gasteiger partial charge in [-0.3, -0.25) is 0 Å². The molecule has 3 aromatic rings. The molecule has 0 spiro atoms. The molecular formula is C17H15ClFNO. The molecular weight excluding hydrogens is 289 g/mol. The number of furan rings is 1. The number of hydrogen-bond acceptors (Lipinski definition) is 2. The molecule has 1 heterocycles. The Morgan fingerprint density at radius 1 is 1.19 bits per heavy atom. The standard InChI is InChI=1S/C17H15ClFNO/c1-2-13-15(10-6-3-4-9-14(10)21-13)17(20)11-7-5-8-12(18)16(11)19/h3-9,17H,2,20H2,1H3. The first-order chi connectivity index (χ1) is 10.1. The molecule has 0 aliphatic carbocycles. The summed E-state index contributed by atoms with van der Waals surface area (Å²) in [7, 11) is 0. The second-order valence-corrected chi connectivity index (χ2v) is 5.32. The van der Waals surface area contributed by atoms with Gasteiger partial charge in [0.15, 0.2) is 0 Å². The lowest BCUT2D eigenvalue weighted by Crippen LogP contribution is -2.15. The third-order valence-corrected chi connectivity index (χ3v) is 3.95. The number of fused-ring (bicyclic) bond motifs is 1. The molecule has 2 N–H and O–H groups in total. The number of benzene rings is 2. The maximum Gasteiger partial charge on any atom is 0.146 e. The summed E-state index contributed by atoms with van der Waals surface area (Å²) in [6.45, 7) is 1.99. The Morgan fingerprint density at radius 3 is 2.71 bits per heavy atom. The zero-order valence-corrected chi connectivity index (χ0v) is 12.3. The third-order valence-electron chi connectivity index (χ3n) is 3.66. The lowest BCUT2D eigenvalue weighted by Gasteiger charge is -2.14. The van der Waals surface area contributed by atoms with Crippen LogP contribution in [0.5, 0.6) is 0 Å². The first-order valence-corrected chi connectivity index (χ1v) is 7.21. The highest BCUT2D eigenvalue weighted by Gasteiger charge is 2.23. The second-order valence-electron chi connectivity index (χ2n) is 4.91. The highest BCUT2D eigenvalue weighted by atomic mass is 35.5. The van der Waals surface area contributed by atoms with Crippen molar-refractivity contribution in [2.24, 2.45) is 5.73 Å². The Morgan fingerprint density at radius 2 is 1.95 bits per heavy atom. The average Bonchev–Trinajstić information content (AvgIpc) is 2.88. The van der Waals surface area contributed by atoms with E-state index in [1.54, 1.807) is 12.1 Å². The van der Waals surface area contributed by atoms with E-state index >= 15 is 0 Å². The molecule has 108 valence electrons. The number of rotatable bonds is 3. The second kappa shape index (κ2) is 5.51. The van der Waals surface area contributed by atoms with Gasteiger partial charge in [-0.25, -0.2) is 4.39 Å². The molecule has 0 amide bonds. The van der Waals surface area contributed by atoms with Crippen LogP contribution in [0.3, 0.4) is 0 Å². The van der Waals surface area contributed by atoms with Gasteiger partial charge in [0, 0.05) is 22.9 Å². The molecule has 1 aromatic heterocycles. The Kier molecular flexibility index (Phi) is 3.70. The topological polar surface area (TPSA) is 39.2 Å². The molecule has 0 aliphatic heterocycles. The van der Waals surface area contributed by atoms with Crippen LogP contribution in [0.25, 0.3) is 11.0 Å². The van der Waals surface area contributed by atoms with E-state index in [0.29, 0.717) is 12.0 Å². The predicted octanol–water partition coefficient (Wildman–Crippen LogP) is 4.84. The molecule has 21 heavy (non-hydrogen) atoms. The minimum atomic E-state index is -0.609. The molecule has 3 rings (SSSR count). The number of para-hydroxylation sites is 1. The van der Waals surface area contributed by atoms with E-state index in [1.165, 1.54) is 6.07 Å². The normalized spacial score (nSPS) is 12.8. The van der Waals surface area contributed by atoms with Crippen molar-refractivity contribution in [2.75, 3.05) is 0 Å². The van der Waals surface area contributed by atoms with Crippen molar-refractivity contribution in [3.05, 3.63) is 70.2 Å². The molecule has 0 fully saturated rings.